The van der Waals surface area contributed by atoms with E-state index >= 15 is 0 Å². The van der Waals surface area contributed by atoms with Crippen molar-refractivity contribution in [1.82, 2.24) is 16.0 Å². The molecule has 0 aliphatic heterocycles. The van der Waals surface area contributed by atoms with Crippen LogP contribution in [0.3, 0.4) is 0 Å². The Bertz CT molecular complexity index is 716. The number of carbonyl (C=O) groups is 5. The molecule has 14 nitrogen and oxygen atoms in total. The summed E-state index contributed by atoms with van der Waals surface area (Å²) in [6.45, 7) is -0.362. The molecule has 0 spiro atoms. The second-order valence-corrected chi connectivity index (χ2v) is 7.99. The molecule has 3 amide bonds. The Morgan fingerprint density at radius 1 is 0.970 bits per heavy atom. The smallest absolute Gasteiger partial charge is 0.326 e. The van der Waals surface area contributed by atoms with Crippen molar-refractivity contribution >= 4 is 47.4 Å². The van der Waals surface area contributed by atoms with Crippen molar-refractivity contribution < 1.29 is 34.2 Å². The number of guanidine groups is 1. The van der Waals surface area contributed by atoms with Crippen LogP contribution in [0.25, 0.3) is 0 Å². The van der Waals surface area contributed by atoms with E-state index in [1.807, 2.05) is 6.26 Å². The molecule has 33 heavy (non-hydrogen) atoms. The summed E-state index contributed by atoms with van der Waals surface area (Å²) < 4.78 is 0. The van der Waals surface area contributed by atoms with Crippen molar-refractivity contribution in [2.45, 2.75) is 50.2 Å². The quantitative estimate of drug-likeness (QED) is 0.0584. The second-order valence-electron chi connectivity index (χ2n) is 7.01. The first kappa shape index (κ1) is 29.9. The molecule has 188 valence electrons. The Morgan fingerprint density at radius 3 is 2.18 bits per heavy atom. The number of hydrogen-bond acceptors (Lipinski definition) is 8. The number of nitrogens with one attached hydrogen (secondary N) is 3. The van der Waals surface area contributed by atoms with Gasteiger partial charge in [0.05, 0.1) is 12.6 Å². The third kappa shape index (κ3) is 14.6. The number of thioether (sulfide) groups is 1. The third-order valence-corrected chi connectivity index (χ3v) is 4.90. The van der Waals surface area contributed by atoms with E-state index in [-0.39, 0.29) is 25.3 Å². The van der Waals surface area contributed by atoms with E-state index in [0.717, 1.165) is 0 Å². The van der Waals surface area contributed by atoms with Gasteiger partial charge in [0.15, 0.2) is 5.96 Å². The first-order valence-corrected chi connectivity index (χ1v) is 11.5. The summed E-state index contributed by atoms with van der Waals surface area (Å²) in [5.41, 5.74) is 16.3. The van der Waals surface area contributed by atoms with Crippen molar-refractivity contribution in [3.63, 3.8) is 0 Å². The zero-order valence-corrected chi connectivity index (χ0v) is 19.2. The molecule has 0 aromatic carbocycles. The predicted molar refractivity (Wildman–Crippen MR) is 122 cm³/mol. The summed E-state index contributed by atoms with van der Waals surface area (Å²) in [4.78, 5) is 62.5. The standard InChI is InChI=1S/C18H33N7O7S/c1-33-8-6-10(19)15(29)25-11(3-2-7-22-18(20)21)16(30)23-9-13(26)24-12(17(31)32)4-5-14(27)28/h10-12H,2-9,19H2,1H3,(H,23,30)(H,24,26)(H,25,29)(H,27,28)(H,31,32)(H4,20,21,22). The largest absolute Gasteiger partial charge is 0.481 e. The van der Waals surface area contributed by atoms with Crippen LogP contribution >= 0.6 is 11.8 Å². The molecule has 0 bridgehead atoms. The number of aliphatic carboxylic acids is 2. The molecule has 0 aliphatic carbocycles. The average molecular weight is 492 g/mol. The van der Waals surface area contributed by atoms with Crippen LogP contribution in [0.15, 0.2) is 4.99 Å². The normalized spacial score (nSPS) is 13.2. The topological polar surface area (TPSA) is 252 Å². The summed E-state index contributed by atoms with van der Waals surface area (Å²) in [7, 11) is 0. The first-order valence-electron chi connectivity index (χ1n) is 10.1. The second kappa shape index (κ2) is 16.5. The van der Waals surface area contributed by atoms with Crippen LogP contribution in [-0.4, -0.2) is 89.1 Å². The van der Waals surface area contributed by atoms with Crippen LogP contribution in [0.1, 0.15) is 32.1 Å². The molecule has 3 unspecified atom stereocenters. The van der Waals surface area contributed by atoms with Gasteiger partial charge in [-0.1, -0.05) is 0 Å². The van der Waals surface area contributed by atoms with Crippen molar-refractivity contribution in [2.75, 3.05) is 25.1 Å². The van der Waals surface area contributed by atoms with Crippen molar-refractivity contribution in [1.29, 1.82) is 0 Å². The molecule has 0 saturated heterocycles. The van der Waals surface area contributed by atoms with E-state index in [4.69, 9.17) is 27.4 Å². The molecule has 15 heteroatoms. The fourth-order valence-corrected chi connectivity index (χ4v) is 2.98. The van der Waals surface area contributed by atoms with E-state index in [1.165, 1.54) is 11.8 Å². The number of amides is 3. The van der Waals surface area contributed by atoms with E-state index in [9.17, 15) is 24.0 Å². The minimum absolute atomic E-state index is 0.119. The van der Waals surface area contributed by atoms with Gasteiger partial charge in [-0.05, 0) is 37.7 Å². The molecule has 0 rings (SSSR count). The molecule has 0 aromatic heterocycles. The van der Waals surface area contributed by atoms with Gasteiger partial charge in [-0.3, -0.25) is 24.2 Å². The maximum atomic E-state index is 12.6. The lowest BCUT2D eigenvalue weighted by atomic mass is 10.1. The van der Waals surface area contributed by atoms with Crippen LogP contribution in [-0.2, 0) is 24.0 Å². The Hall–Kier alpha value is -3.07. The Balaban J connectivity index is 4.94. The minimum atomic E-state index is -1.42. The number of hydrogen-bond donors (Lipinski definition) is 8. The molecule has 0 aromatic rings. The summed E-state index contributed by atoms with van der Waals surface area (Å²) in [6, 6.07) is -3.27. The number of nitrogens with zero attached hydrogens (tertiary/aromatic N) is 1. The maximum absolute atomic E-state index is 12.6. The fourth-order valence-electron chi connectivity index (χ4n) is 2.49. The third-order valence-electron chi connectivity index (χ3n) is 4.25. The van der Waals surface area contributed by atoms with Crippen molar-refractivity contribution in [3.05, 3.63) is 0 Å². The number of aliphatic imine (C=N–C) groups is 1. The van der Waals surface area contributed by atoms with Gasteiger partial charge in [0.2, 0.25) is 17.7 Å². The number of rotatable bonds is 17. The van der Waals surface area contributed by atoms with Gasteiger partial charge in [0, 0.05) is 13.0 Å². The summed E-state index contributed by atoms with van der Waals surface area (Å²) in [5, 5.41) is 24.8. The highest BCUT2D eigenvalue weighted by Gasteiger charge is 2.25. The number of nitrogens with two attached hydrogens (primary N) is 3. The van der Waals surface area contributed by atoms with Crippen LogP contribution in [0.5, 0.6) is 0 Å². The van der Waals surface area contributed by atoms with Gasteiger partial charge in [-0.25, -0.2) is 4.79 Å². The molecule has 0 saturated carbocycles. The van der Waals surface area contributed by atoms with E-state index in [1.54, 1.807) is 0 Å². The molecule has 0 heterocycles. The summed E-state index contributed by atoms with van der Waals surface area (Å²) in [5.74, 6) is -4.12. The summed E-state index contributed by atoms with van der Waals surface area (Å²) in [6.07, 6.45) is 2.00. The van der Waals surface area contributed by atoms with Gasteiger partial charge in [-0.15, -0.1) is 0 Å². The van der Waals surface area contributed by atoms with Gasteiger partial charge >= 0.3 is 11.9 Å². The Kier molecular flexibility index (Phi) is 15.0. The molecule has 0 aliphatic rings. The van der Waals surface area contributed by atoms with Crippen LogP contribution in [0, 0.1) is 0 Å². The number of carboxylic acids is 2. The molecular formula is C18H33N7O7S. The van der Waals surface area contributed by atoms with E-state index in [0.29, 0.717) is 18.6 Å². The summed E-state index contributed by atoms with van der Waals surface area (Å²) >= 11 is 1.52. The van der Waals surface area contributed by atoms with Gasteiger partial charge in [0.1, 0.15) is 12.1 Å². The highest BCUT2D eigenvalue weighted by molar-refractivity contribution is 7.98. The number of carboxylic acid groups (broad SMARTS) is 2. The van der Waals surface area contributed by atoms with Crippen molar-refractivity contribution in [3.8, 4) is 0 Å². The molecular weight excluding hydrogens is 458 g/mol. The molecule has 0 fully saturated rings. The zero-order valence-electron chi connectivity index (χ0n) is 18.4. The molecule has 3 atom stereocenters. The van der Waals surface area contributed by atoms with Gasteiger partial charge in [0.25, 0.3) is 0 Å². The highest BCUT2D eigenvalue weighted by atomic mass is 32.2. The number of carbonyl (C=O) groups excluding carboxylic acids is 3. The lowest BCUT2D eigenvalue weighted by Gasteiger charge is -2.21. The van der Waals surface area contributed by atoms with E-state index in [2.05, 4.69) is 20.9 Å². The SMILES string of the molecule is CSCCC(N)C(=O)NC(CCCN=C(N)N)C(=O)NCC(=O)NC(CCC(=O)O)C(=O)O. The monoisotopic (exact) mass is 491 g/mol. The Morgan fingerprint density at radius 2 is 1.64 bits per heavy atom. The average Bonchev–Trinajstić information content (AvgIpc) is 2.74. The highest BCUT2D eigenvalue weighted by Crippen LogP contribution is 2.03. The fraction of sp³-hybridized carbons (Fsp3) is 0.667. The molecule has 11 N–H and O–H groups in total. The Labute approximate surface area is 195 Å². The lowest BCUT2D eigenvalue weighted by molar-refractivity contribution is -0.143. The zero-order chi connectivity index (χ0) is 25.4. The maximum Gasteiger partial charge on any atom is 0.326 e. The van der Waals surface area contributed by atoms with Gasteiger partial charge < -0.3 is 43.4 Å². The van der Waals surface area contributed by atoms with Gasteiger partial charge in [-0.2, -0.15) is 11.8 Å². The molecule has 0 radical (unpaired) electrons. The first-order chi connectivity index (χ1) is 15.5. The van der Waals surface area contributed by atoms with Crippen LogP contribution in [0.4, 0.5) is 0 Å². The van der Waals surface area contributed by atoms with Crippen LogP contribution < -0.4 is 33.2 Å². The van der Waals surface area contributed by atoms with Crippen LogP contribution in [0.2, 0.25) is 0 Å². The minimum Gasteiger partial charge on any atom is -0.481 e. The van der Waals surface area contributed by atoms with Crippen molar-refractivity contribution in [2.24, 2.45) is 22.2 Å². The predicted octanol–water partition coefficient (Wildman–Crippen LogP) is -2.84. The lowest BCUT2D eigenvalue weighted by Crippen LogP contribution is -2.53. The van der Waals surface area contributed by atoms with E-state index < -0.39 is 60.8 Å².